The minimum atomic E-state index is -0.295. The molecule has 2 heterocycles. The van der Waals surface area contributed by atoms with Gasteiger partial charge in [0.05, 0.1) is 32.3 Å². The molecule has 0 radical (unpaired) electrons. The van der Waals surface area contributed by atoms with E-state index in [4.69, 9.17) is 14.5 Å². The van der Waals surface area contributed by atoms with Crippen molar-refractivity contribution in [2.24, 2.45) is 4.99 Å². The number of thiazole rings is 1. The number of methoxy groups -OCH3 is 1. The molecule has 196 valence electrons. The fraction of sp³-hybridized carbons (Fsp3) is 0.161. The van der Waals surface area contributed by atoms with Gasteiger partial charge in [-0.05, 0) is 85.7 Å². The Morgan fingerprint density at radius 1 is 1.10 bits per heavy atom. The summed E-state index contributed by atoms with van der Waals surface area (Å²) >= 11 is 8.61. The van der Waals surface area contributed by atoms with Crippen molar-refractivity contribution >= 4 is 55.0 Å². The standard InChI is InChI=1S/C31H24Br2N2O3S/c1-3-14-38-29-23(32)15-18(16-24(29)33)17-26-30(36)35-28(21-10-6-7-11-25(21)37-2)22-13-12-19-8-4-5-9-20(19)27(22)34-31(35)39-26/h3-11,15-17,28H,1,12-14H2,2H3/b26-17+/t28-/m0/s1. The molecule has 1 aliphatic heterocycles. The predicted molar refractivity (Wildman–Crippen MR) is 163 cm³/mol. The third-order valence-electron chi connectivity index (χ3n) is 6.97. The molecule has 8 heteroatoms. The number of hydrogen-bond donors (Lipinski definition) is 0. The summed E-state index contributed by atoms with van der Waals surface area (Å²) in [6, 6.07) is 20.0. The number of para-hydroxylation sites is 1. The zero-order valence-electron chi connectivity index (χ0n) is 21.1. The number of allylic oxidation sites excluding steroid dienone is 1. The van der Waals surface area contributed by atoms with Crippen LogP contribution in [-0.4, -0.2) is 18.3 Å². The van der Waals surface area contributed by atoms with Crippen LogP contribution in [0.4, 0.5) is 0 Å². The SMILES string of the molecule is C=CCOc1c(Br)cc(/C=c2/sc3n(c2=O)[C@@H](c2ccccc2OC)C2=C(N=3)c3ccccc3CC2)cc1Br. The molecule has 1 aromatic heterocycles. The second kappa shape index (κ2) is 10.8. The van der Waals surface area contributed by atoms with Crippen molar-refractivity contribution in [1.82, 2.24) is 4.57 Å². The number of nitrogens with zero attached hydrogens (tertiary/aromatic N) is 2. The first-order valence-electron chi connectivity index (χ1n) is 12.5. The Morgan fingerprint density at radius 3 is 2.62 bits per heavy atom. The van der Waals surface area contributed by atoms with Gasteiger partial charge in [-0.3, -0.25) is 9.36 Å². The van der Waals surface area contributed by atoms with Crippen LogP contribution in [-0.2, 0) is 6.42 Å². The van der Waals surface area contributed by atoms with Gasteiger partial charge in [-0.25, -0.2) is 4.99 Å². The zero-order chi connectivity index (χ0) is 27.1. The fourth-order valence-corrected chi connectivity index (χ4v) is 7.74. The largest absolute Gasteiger partial charge is 0.496 e. The van der Waals surface area contributed by atoms with E-state index in [0.29, 0.717) is 21.7 Å². The molecule has 0 fully saturated rings. The maximum Gasteiger partial charge on any atom is 0.271 e. The Labute approximate surface area is 246 Å². The van der Waals surface area contributed by atoms with Gasteiger partial charge in [-0.1, -0.05) is 66.5 Å². The number of aromatic nitrogens is 1. The van der Waals surface area contributed by atoms with Gasteiger partial charge >= 0.3 is 0 Å². The highest BCUT2D eigenvalue weighted by Gasteiger charge is 2.34. The Bertz CT molecular complexity index is 1810. The average Bonchev–Trinajstić information content (AvgIpc) is 3.25. The first kappa shape index (κ1) is 26.0. The van der Waals surface area contributed by atoms with Crippen molar-refractivity contribution in [2.75, 3.05) is 13.7 Å². The van der Waals surface area contributed by atoms with Crippen molar-refractivity contribution in [1.29, 1.82) is 0 Å². The van der Waals surface area contributed by atoms with Crippen LogP contribution in [0.15, 0.2) is 97.6 Å². The second-order valence-corrected chi connectivity index (χ2v) is 12.0. The highest BCUT2D eigenvalue weighted by molar-refractivity contribution is 9.11. The number of halogens is 2. The molecule has 6 rings (SSSR count). The van der Waals surface area contributed by atoms with Crippen LogP contribution < -0.4 is 24.4 Å². The van der Waals surface area contributed by atoms with Crippen LogP contribution in [0.2, 0.25) is 0 Å². The summed E-state index contributed by atoms with van der Waals surface area (Å²) < 4.78 is 15.6. The van der Waals surface area contributed by atoms with Crippen LogP contribution in [0.3, 0.4) is 0 Å². The Balaban J connectivity index is 1.57. The molecule has 0 N–H and O–H groups in total. The summed E-state index contributed by atoms with van der Waals surface area (Å²) in [6.07, 6.45) is 5.34. The Hall–Kier alpha value is -3.20. The molecule has 0 saturated carbocycles. The van der Waals surface area contributed by atoms with Crippen LogP contribution in [0.5, 0.6) is 11.5 Å². The van der Waals surface area contributed by atoms with E-state index >= 15 is 0 Å². The zero-order valence-corrected chi connectivity index (χ0v) is 25.1. The maximum absolute atomic E-state index is 14.1. The smallest absolute Gasteiger partial charge is 0.271 e. The maximum atomic E-state index is 14.1. The van der Waals surface area contributed by atoms with E-state index in [-0.39, 0.29) is 11.6 Å². The first-order chi connectivity index (χ1) is 19.0. The molecule has 0 unspecified atom stereocenters. The normalized spacial score (nSPS) is 16.2. The molecule has 0 bridgehead atoms. The second-order valence-electron chi connectivity index (χ2n) is 9.27. The van der Waals surface area contributed by atoms with Crippen LogP contribution in [0.25, 0.3) is 11.8 Å². The van der Waals surface area contributed by atoms with E-state index in [2.05, 4.69) is 62.7 Å². The highest BCUT2D eigenvalue weighted by Crippen LogP contribution is 2.43. The number of fused-ring (bicyclic) bond motifs is 3. The molecule has 5 nitrogen and oxygen atoms in total. The molecule has 39 heavy (non-hydrogen) atoms. The van der Waals surface area contributed by atoms with Gasteiger partial charge in [0.2, 0.25) is 0 Å². The fourth-order valence-electron chi connectivity index (χ4n) is 5.29. The van der Waals surface area contributed by atoms with E-state index in [9.17, 15) is 4.79 Å². The molecular formula is C31H24Br2N2O3S. The van der Waals surface area contributed by atoms with Crippen molar-refractivity contribution < 1.29 is 9.47 Å². The Morgan fingerprint density at radius 2 is 1.85 bits per heavy atom. The minimum absolute atomic E-state index is 0.0701. The molecule has 1 aliphatic carbocycles. The lowest BCUT2D eigenvalue weighted by atomic mass is 9.83. The van der Waals surface area contributed by atoms with Gasteiger partial charge in [-0.2, -0.15) is 0 Å². The topological polar surface area (TPSA) is 52.8 Å². The van der Waals surface area contributed by atoms with Crippen molar-refractivity contribution in [3.63, 3.8) is 0 Å². The number of rotatable bonds is 6. The number of benzene rings is 3. The summed E-state index contributed by atoms with van der Waals surface area (Å²) in [7, 11) is 1.67. The lowest BCUT2D eigenvalue weighted by Crippen LogP contribution is -2.39. The Kier molecular flexibility index (Phi) is 7.18. The van der Waals surface area contributed by atoms with Crippen LogP contribution in [0.1, 0.15) is 34.7 Å². The van der Waals surface area contributed by atoms with E-state index in [0.717, 1.165) is 55.5 Å². The van der Waals surface area contributed by atoms with Gasteiger partial charge in [0, 0.05) is 11.1 Å². The van der Waals surface area contributed by atoms with Gasteiger partial charge < -0.3 is 9.47 Å². The van der Waals surface area contributed by atoms with Crippen LogP contribution >= 0.6 is 43.2 Å². The van der Waals surface area contributed by atoms with E-state index in [1.54, 1.807) is 13.2 Å². The van der Waals surface area contributed by atoms with Gasteiger partial charge in [0.25, 0.3) is 5.56 Å². The molecule has 0 saturated heterocycles. The molecule has 1 atom stereocenters. The van der Waals surface area contributed by atoms with Gasteiger partial charge in [0.1, 0.15) is 18.1 Å². The average molecular weight is 664 g/mol. The monoisotopic (exact) mass is 662 g/mol. The predicted octanol–water partition coefficient (Wildman–Crippen LogP) is 6.42. The highest BCUT2D eigenvalue weighted by atomic mass is 79.9. The quantitative estimate of drug-likeness (QED) is 0.224. The van der Waals surface area contributed by atoms with Gasteiger partial charge in [-0.15, -0.1) is 0 Å². The van der Waals surface area contributed by atoms with E-state index in [1.807, 2.05) is 47.0 Å². The molecule has 0 amide bonds. The molecule has 3 aromatic carbocycles. The van der Waals surface area contributed by atoms with Crippen molar-refractivity contribution in [3.8, 4) is 11.5 Å². The number of aryl methyl sites for hydroxylation is 1. The third-order valence-corrected chi connectivity index (χ3v) is 9.13. The molecule has 2 aliphatic rings. The minimum Gasteiger partial charge on any atom is -0.496 e. The number of ether oxygens (including phenoxy) is 2. The molecule has 0 spiro atoms. The van der Waals surface area contributed by atoms with Crippen molar-refractivity contribution in [2.45, 2.75) is 18.9 Å². The molecular weight excluding hydrogens is 640 g/mol. The summed E-state index contributed by atoms with van der Waals surface area (Å²) in [5, 5.41) is 0. The first-order valence-corrected chi connectivity index (χ1v) is 14.9. The summed E-state index contributed by atoms with van der Waals surface area (Å²) in [6.45, 7) is 4.11. The van der Waals surface area contributed by atoms with Crippen LogP contribution in [0, 0.1) is 0 Å². The van der Waals surface area contributed by atoms with E-state index in [1.165, 1.54) is 16.9 Å². The number of hydrogen-bond acceptors (Lipinski definition) is 5. The summed E-state index contributed by atoms with van der Waals surface area (Å²) in [5.74, 6) is 1.45. The lowest BCUT2D eigenvalue weighted by Gasteiger charge is -2.31. The lowest BCUT2D eigenvalue weighted by molar-refractivity contribution is 0.358. The third kappa shape index (κ3) is 4.64. The van der Waals surface area contributed by atoms with Gasteiger partial charge in [0.15, 0.2) is 4.80 Å². The summed E-state index contributed by atoms with van der Waals surface area (Å²) in [4.78, 5) is 19.8. The van der Waals surface area contributed by atoms with E-state index < -0.39 is 0 Å². The van der Waals surface area contributed by atoms with Crippen molar-refractivity contribution in [3.05, 3.63) is 130 Å². The summed E-state index contributed by atoms with van der Waals surface area (Å²) in [5.41, 5.74) is 6.29. The molecule has 4 aromatic rings.